The van der Waals surface area contributed by atoms with Gasteiger partial charge >= 0.3 is 11.9 Å². The summed E-state index contributed by atoms with van der Waals surface area (Å²) in [4.78, 5) is 19.9. The molecule has 0 unspecified atom stereocenters. The molecule has 17 heavy (non-hydrogen) atoms. The molecule has 0 aliphatic carbocycles. The topological polar surface area (TPSA) is 74.6 Å². The summed E-state index contributed by atoms with van der Waals surface area (Å²) in [6.45, 7) is 5.00. The number of carboxylic acid groups (broad SMARTS) is 2. The third-order valence-electron chi connectivity index (χ3n) is 1.94. The number of carboxylic acids is 2. The third-order valence-corrected chi connectivity index (χ3v) is 1.94. The molecule has 0 spiro atoms. The number of aryl methyl sites for hydroxylation is 1. The SMILES string of the molecule is C=CC(=O)O.CCCc1ccccc1C(=O)O. The van der Waals surface area contributed by atoms with Crippen LogP contribution in [0.3, 0.4) is 0 Å². The van der Waals surface area contributed by atoms with Gasteiger partial charge < -0.3 is 10.2 Å². The van der Waals surface area contributed by atoms with Crippen LogP contribution in [0.2, 0.25) is 0 Å². The fourth-order valence-electron chi connectivity index (χ4n) is 1.22. The van der Waals surface area contributed by atoms with Gasteiger partial charge in [-0.3, -0.25) is 0 Å². The molecule has 4 heteroatoms. The predicted molar refractivity (Wildman–Crippen MR) is 65.2 cm³/mol. The predicted octanol–water partition coefficient (Wildman–Crippen LogP) is 2.59. The second-order valence-electron chi connectivity index (χ2n) is 3.25. The zero-order chi connectivity index (χ0) is 13.3. The minimum absolute atomic E-state index is 0.430. The van der Waals surface area contributed by atoms with Crippen molar-refractivity contribution in [1.29, 1.82) is 0 Å². The van der Waals surface area contributed by atoms with Crippen molar-refractivity contribution in [3.63, 3.8) is 0 Å². The highest BCUT2D eigenvalue weighted by atomic mass is 16.4. The highest BCUT2D eigenvalue weighted by Crippen LogP contribution is 2.10. The minimum atomic E-state index is -0.981. The van der Waals surface area contributed by atoms with Crippen molar-refractivity contribution in [1.82, 2.24) is 0 Å². The monoisotopic (exact) mass is 236 g/mol. The van der Waals surface area contributed by atoms with Crippen molar-refractivity contribution in [3.8, 4) is 0 Å². The van der Waals surface area contributed by atoms with Gasteiger partial charge in [0.15, 0.2) is 0 Å². The Morgan fingerprint density at radius 2 is 1.82 bits per heavy atom. The van der Waals surface area contributed by atoms with Gasteiger partial charge in [-0.05, 0) is 18.1 Å². The summed E-state index contributed by atoms with van der Waals surface area (Å²) in [5, 5.41) is 16.4. The van der Waals surface area contributed by atoms with E-state index < -0.39 is 11.9 Å². The number of hydrogen-bond donors (Lipinski definition) is 2. The molecule has 0 aliphatic heterocycles. The summed E-state index contributed by atoms with van der Waals surface area (Å²) in [5.74, 6) is -1.82. The highest BCUT2D eigenvalue weighted by molar-refractivity contribution is 5.89. The molecule has 4 nitrogen and oxygen atoms in total. The van der Waals surface area contributed by atoms with Crippen LogP contribution in [-0.2, 0) is 11.2 Å². The first-order chi connectivity index (χ1) is 8.02. The van der Waals surface area contributed by atoms with E-state index in [-0.39, 0.29) is 0 Å². The van der Waals surface area contributed by atoms with E-state index in [1.165, 1.54) is 0 Å². The number of carbonyl (C=O) groups is 2. The van der Waals surface area contributed by atoms with Crippen LogP contribution in [0.5, 0.6) is 0 Å². The van der Waals surface area contributed by atoms with Crippen LogP contribution in [0, 0.1) is 0 Å². The molecule has 0 atom stereocenters. The quantitative estimate of drug-likeness (QED) is 0.788. The van der Waals surface area contributed by atoms with Gasteiger partial charge in [-0.2, -0.15) is 0 Å². The number of aromatic carboxylic acids is 1. The zero-order valence-corrected chi connectivity index (χ0v) is 9.72. The van der Waals surface area contributed by atoms with E-state index in [0.717, 1.165) is 24.5 Å². The third kappa shape index (κ3) is 6.14. The lowest BCUT2D eigenvalue weighted by Crippen LogP contribution is -2.01. The zero-order valence-electron chi connectivity index (χ0n) is 9.72. The molecule has 0 bridgehead atoms. The number of hydrogen-bond acceptors (Lipinski definition) is 2. The van der Waals surface area contributed by atoms with E-state index >= 15 is 0 Å². The first kappa shape index (κ1) is 14.9. The Hall–Kier alpha value is -2.10. The second kappa shape index (κ2) is 8.10. The number of rotatable bonds is 4. The fourth-order valence-corrected chi connectivity index (χ4v) is 1.22. The molecule has 1 aromatic rings. The summed E-state index contributed by atoms with van der Waals surface area (Å²) in [6, 6.07) is 7.14. The lowest BCUT2D eigenvalue weighted by Gasteiger charge is -2.02. The Morgan fingerprint density at radius 1 is 1.29 bits per heavy atom. The molecule has 0 saturated carbocycles. The molecule has 0 saturated heterocycles. The summed E-state index contributed by atoms with van der Waals surface area (Å²) >= 11 is 0. The second-order valence-corrected chi connectivity index (χ2v) is 3.25. The van der Waals surface area contributed by atoms with Gasteiger partial charge in [-0.25, -0.2) is 9.59 Å². The molecular weight excluding hydrogens is 220 g/mol. The van der Waals surface area contributed by atoms with Crippen molar-refractivity contribution in [2.24, 2.45) is 0 Å². The first-order valence-corrected chi connectivity index (χ1v) is 5.19. The van der Waals surface area contributed by atoms with E-state index in [1.54, 1.807) is 12.1 Å². The van der Waals surface area contributed by atoms with E-state index in [9.17, 15) is 9.59 Å². The van der Waals surface area contributed by atoms with E-state index in [4.69, 9.17) is 10.2 Å². The van der Waals surface area contributed by atoms with E-state index in [0.29, 0.717) is 5.56 Å². The van der Waals surface area contributed by atoms with Crippen LogP contribution in [0.1, 0.15) is 29.3 Å². The Balaban J connectivity index is 0.000000437. The van der Waals surface area contributed by atoms with Gasteiger partial charge in [0.25, 0.3) is 0 Å². The van der Waals surface area contributed by atoms with Crippen LogP contribution in [0.25, 0.3) is 0 Å². The van der Waals surface area contributed by atoms with E-state index in [1.807, 2.05) is 19.1 Å². The lowest BCUT2D eigenvalue weighted by atomic mass is 10.0. The fraction of sp³-hybridized carbons (Fsp3) is 0.231. The smallest absolute Gasteiger partial charge is 0.335 e. The largest absolute Gasteiger partial charge is 0.478 e. The Labute approximate surface area is 100 Å². The molecule has 0 aromatic heterocycles. The lowest BCUT2D eigenvalue weighted by molar-refractivity contribution is -0.131. The van der Waals surface area contributed by atoms with Crippen LogP contribution in [-0.4, -0.2) is 22.2 Å². The maximum Gasteiger partial charge on any atom is 0.335 e. The molecule has 2 N–H and O–H groups in total. The molecule has 0 heterocycles. The Kier molecular flexibility index (Phi) is 7.10. The van der Waals surface area contributed by atoms with Gasteiger partial charge in [-0.15, -0.1) is 0 Å². The molecular formula is C13H16O4. The summed E-state index contributed by atoms with van der Waals surface area (Å²) in [6.07, 6.45) is 2.65. The maximum absolute atomic E-state index is 10.7. The maximum atomic E-state index is 10.7. The van der Waals surface area contributed by atoms with Crippen LogP contribution < -0.4 is 0 Å². The van der Waals surface area contributed by atoms with Gasteiger partial charge in [-0.1, -0.05) is 38.1 Å². The summed E-state index contributed by atoms with van der Waals surface area (Å²) < 4.78 is 0. The van der Waals surface area contributed by atoms with Gasteiger partial charge in [0.1, 0.15) is 0 Å². The van der Waals surface area contributed by atoms with Gasteiger partial charge in [0.05, 0.1) is 5.56 Å². The van der Waals surface area contributed by atoms with Crippen molar-refractivity contribution < 1.29 is 19.8 Å². The normalized spacial score (nSPS) is 8.76. The molecule has 0 radical (unpaired) electrons. The minimum Gasteiger partial charge on any atom is -0.478 e. The average Bonchev–Trinajstić information content (AvgIpc) is 2.30. The molecule has 0 fully saturated rings. The van der Waals surface area contributed by atoms with Crippen molar-refractivity contribution in [2.75, 3.05) is 0 Å². The summed E-state index contributed by atoms with van der Waals surface area (Å²) in [7, 11) is 0. The average molecular weight is 236 g/mol. The van der Waals surface area contributed by atoms with Crippen molar-refractivity contribution in [2.45, 2.75) is 19.8 Å². The molecule has 92 valence electrons. The van der Waals surface area contributed by atoms with Crippen molar-refractivity contribution in [3.05, 3.63) is 48.0 Å². The number of benzene rings is 1. The van der Waals surface area contributed by atoms with Crippen molar-refractivity contribution >= 4 is 11.9 Å². The Bertz CT molecular complexity index is 396. The highest BCUT2D eigenvalue weighted by Gasteiger charge is 2.06. The Morgan fingerprint density at radius 3 is 2.24 bits per heavy atom. The van der Waals surface area contributed by atoms with Crippen LogP contribution >= 0.6 is 0 Å². The van der Waals surface area contributed by atoms with E-state index in [2.05, 4.69) is 6.58 Å². The van der Waals surface area contributed by atoms with Crippen LogP contribution in [0.15, 0.2) is 36.9 Å². The molecule has 0 amide bonds. The number of aliphatic carboxylic acids is 1. The standard InChI is InChI=1S/C10H12O2.C3H4O2/c1-2-5-8-6-3-4-7-9(8)10(11)12;1-2-3(4)5/h3-4,6-7H,2,5H2,1H3,(H,11,12);2H,1H2,(H,4,5). The molecule has 1 aromatic carbocycles. The first-order valence-electron chi connectivity index (χ1n) is 5.19. The molecule has 0 aliphatic rings. The van der Waals surface area contributed by atoms with Crippen LogP contribution in [0.4, 0.5) is 0 Å². The van der Waals surface area contributed by atoms with Gasteiger partial charge in [0.2, 0.25) is 0 Å². The molecule has 1 rings (SSSR count). The summed E-state index contributed by atoms with van der Waals surface area (Å²) in [5.41, 5.74) is 1.35. The van der Waals surface area contributed by atoms with Gasteiger partial charge in [0, 0.05) is 6.08 Å².